The quantitative estimate of drug-likeness (QED) is 0.710. The highest BCUT2D eigenvalue weighted by atomic mass is 79.9. The first-order valence-corrected chi connectivity index (χ1v) is 8.51. The largest absolute Gasteiger partial charge is 0.388 e. The Balaban J connectivity index is 2.05. The first-order valence-electron chi connectivity index (χ1n) is 6.92. The van der Waals surface area contributed by atoms with Crippen molar-refractivity contribution in [3.63, 3.8) is 0 Å². The lowest BCUT2D eigenvalue weighted by molar-refractivity contribution is 0.0381. The molecular formula is C15H21Br2NO. The monoisotopic (exact) mass is 389 g/mol. The van der Waals surface area contributed by atoms with Crippen LogP contribution in [0.2, 0.25) is 0 Å². The van der Waals surface area contributed by atoms with Gasteiger partial charge in [0.15, 0.2) is 0 Å². The van der Waals surface area contributed by atoms with Crippen molar-refractivity contribution in [1.82, 2.24) is 0 Å². The summed E-state index contributed by atoms with van der Waals surface area (Å²) in [5.74, 6) is 0. The highest BCUT2D eigenvalue weighted by Gasteiger charge is 2.28. The number of aliphatic hydroxyl groups is 1. The van der Waals surface area contributed by atoms with Gasteiger partial charge in [-0.15, -0.1) is 0 Å². The van der Waals surface area contributed by atoms with Crippen molar-refractivity contribution >= 4 is 37.5 Å². The van der Waals surface area contributed by atoms with Gasteiger partial charge in [0, 0.05) is 15.5 Å². The maximum atomic E-state index is 10.7. The third-order valence-corrected chi connectivity index (χ3v) is 5.07. The molecule has 2 rings (SSSR count). The third-order valence-electron chi connectivity index (χ3n) is 3.81. The van der Waals surface area contributed by atoms with Crippen molar-refractivity contribution in [2.24, 2.45) is 0 Å². The summed E-state index contributed by atoms with van der Waals surface area (Å²) < 4.78 is 2.08. The van der Waals surface area contributed by atoms with Gasteiger partial charge < -0.3 is 10.4 Å². The van der Waals surface area contributed by atoms with Crippen molar-refractivity contribution < 1.29 is 5.11 Å². The Kier molecular flexibility index (Phi) is 5.32. The average Bonchev–Trinajstić information content (AvgIpc) is 2.53. The second kappa shape index (κ2) is 6.59. The first-order chi connectivity index (χ1) is 9.00. The number of anilines is 1. The summed E-state index contributed by atoms with van der Waals surface area (Å²) >= 11 is 7.16. The van der Waals surface area contributed by atoms with Crippen molar-refractivity contribution in [3.05, 3.63) is 26.6 Å². The van der Waals surface area contributed by atoms with E-state index < -0.39 is 5.60 Å². The SMILES string of the molecule is Cc1cc(Br)c(NCC2(O)CCCCCC2)c(Br)c1. The lowest BCUT2D eigenvalue weighted by Crippen LogP contribution is -2.36. The summed E-state index contributed by atoms with van der Waals surface area (Å²) in [5, 5.41) is 14.1. The number of halogens is 2. The molecule has 0 radical (unpaired) electrons. The smallest absolute Gasteiger partial charge is 0.0819 e. The van der Waals surface area contributed by atoms with Crippen LogP contribution in [0.3, 0.4) is 0 Å². The first kappa shape index (κ1) is 15.3. The molecule has 1 fully saturated rings. The molecular weight excluding hydrogens is 370 g/mol. The fraction of sp³-hybridized carbons (Fsp3) is 0.600. The highest BCUT2D eigenvalue weighted by Crippen LogP contribution is 2.34. The van der Waals surface area contributed by atoms with Crippen molar-refractivity contribution in [1.29, 1.82) is 0 Å². The van der Waals surface area contributed by atoms with Crippen molar-refractivity contribution in [3.8, 4) is 0 Å². The maximum Gasteiger partial charge on any atom is 0.0819 e. The molecule has 0 spiro atoms. The lowest BCUT2D eigenvalue weighted by Gasteiger charge is -2.28. The van der Waals surface area contributed by atoms with Gasteiger partial charge in [-0.05, 0) is 69.3 Å². The third kappa shape index (κ3) is 4.20. The van der Waals surface area contributed by atoms with Crippen LogP contribution in [0.5, 0.6) is 0 Å². The number of rotatable bonds is 3. The molecule has 0 atom stereocenters. The lowest BCUT2D eigenvalue weighted by atomic mass is 9.94. The summed E-state index contributed by atoms with van der Waals surface area (Å²) in [5.41, 5.74) is 1.68. The summed E-state index contributed by atoms with van der Waals surface area (Å²) in [6.07, 6.45) is 6.57. The van der Waals surface area contributed by atoms with E-state index in [1.807, 2.05) is 0 Å². The second-order valence-electron chi connectivity index (χ2n) is 5.60. The van der Waals surface area contributed by atoms with Crippen LogP contribution < -0.4 is 5.32 Å². The van der Waals surface area contributed by atoms with Crippen molar-refractivity contribution in [2.75, 3.05) is 11.9 Å². The summed E-state index contributed by atoms with van der Waals surface area (Å²) in [7, 11) is 0. The molecule has 0 amide bonds. The molecule has 2 nitrogen and oxygen atoms in total. The van der Waals surface area contributed by atoms with Gasteiger partial charge in [-0.1, -0.05) is 25.7 Å². The molecule has 4 heteroatoms. The van der Waals surface area contributed by atoms with Crippen LogP contribution in [-0.4, -0.2) is 17.3 Å². The van der Waals surface area contributed by atoms with Crippen LogP contribution in [-0.2, 0) is 0 Å². The Morgan fingerprint density at radius 3 is 2.16 bits per heavy atom. The second-order valence-corrected chi connectivity index (χ2v) is 7.30. The maximum absolute atomic E-state index is 10.7. The predicted octanol–water partition coefficient (Wildman–Crippen LogP) is 5.02. The van der Waals surface area contributed by atoms with E-state index >= 15 is 0 Å². The van der Waals surface area contributed by atoms with E-state index in [0.29, 0.717) is 6.54 Å². The van der Waals surface area contributed by atoms with Crippen LogP contribution in [0, 0.1) is 6.92 Å². The van der Waals surface area contributed by atoms with Gasteiger partial charge in [-0.25, -0.2) is 0 Å². The Morgan fingerprint density at radius 2 is 1.63 bits per heavy atom. The molecule has 0 bridgehead atoms. The number of aryl methyl sites for hydroxylation is 1. The van der Waals surface area contributed by atoms with Crippen molar-refractivity contribution in [2.45, 2.75) is 51.0 Å². The molecule has 1 aromatic rings. The molecule has 0 unspecified atom stereocenters. The van der Waals surface area contributed by atoms with Crippen LogP contribution in [0.15, 0.2) is 21.1 Å². The summed E-state index contributed by atoms with van der Waals surface area (Å²) in [6, 6.07) is 4.18. The van der Waals surface area contributed by atoms with E-state index in [1.165, 1.54) is 18.4 Å². The fourth-order valence-corrected chi connectivity index (χ4v) is 4.38. The van der Waals surface area contributed by atoms with E-state index in [9.17, 15) is 5.11 Å². The number of hydrogen-bond acceptors (Lipinski definition) is 2. The van der Waals surface area contributed by atoms with Gasteiger partial charge in [0.2, 0.25) is 0 Å². The Bertz CT molecular complexity index is 417. The molecule has 106 valence electrons. The Hall–Kier alpha value is -0.0600. The Morgan fingerprint density at radius 1 is 1.11 bits per heavy atom. The van der Waals surface area contributed by atoms with E-state index in [2.05, 4.69) is 56.2 Å². The van der Waals surface area contributed by atoms with E-state index in [0.717, 1.165) is 40.3 Å². The zero-order valence-electron chi connectivity index (χ0n) is 11.3. The van der Waals surface area contributed by atoms with E-state index in [-0.39, 0.29) is 0 Å². The topological polar surface area (TPSA) is 32.3 Å². The standard InChI is InChI=1S/C15H21Br2NO/c1-11-8-12(16)14(13(17)9-11)18-10-15(19)6-4-2-3-5-7-15/h8-9,18-19H,2-7,10H2,1H3. The van der Waals surface area contributed by atoms with Gasteiger partial charge in [0.1, 0.15) is 0 Å². The summed E-state index contributed by atoms with van der Waals surface area (Å²) in [6.45, 7) is 2.69. The molecule has 1 aliphatic rings. The minimum absolute atomic E-state index is 0.555. The zero-order valence-corrected chi connectivity index (χ0v) is 14.5. The normalized spacial score (nSPS) is 18.9. The molecule has 1 saturated carbocycles. The number of hydrogen-bond donors (Lipinski definition) is 2. The van der Waals surface area contributed by atoms with Crippen LogP contribution in [0.1, 0.15) is 44.1 Å². The average molecular weight is 391 g/mol. The summed E-state index contributed by atoms with van der Waals surface area (Å²) in [4.78, 5) is 0. The van der Waals surface area contributed by atoms with E-state index in [1.54, 1.807) is 0 Å². The molecule has 0 saturated heterocycles. The van der Waals surface area contributed by atoms with E-state index in [4.69, 9.17) is 0 Å². The Labute approximate surface area is 132 Å². The van der Waals surface area contributed by atoms with Gasteiger partial charge in [-0.2, -0.15) is 0 Å². The molecule has 2 N–H and O–H groups in total. The molecule has 1 aliphatic carbocycles. The molecule has 0 aliphatic heterocycles. The number of benzene rings is 1. The molecule has 19 heavy (non-hydrogen) atoms. The zero-order chi connectivity index (χ0) is 13.9. The minimum Gasteiger partial charge on any atom is -0.388 e. The minimum atomic E-state index is -0.555. The van der Waals surface area contributed by atoms with Gasteiger partial charge in [-0.3, -0.25) is 0 Å². The van der Waals surface area contributed by atoms with Crippen LogP contribution in [0.4, 0.5) is 5.69 Å². The van der Waals surface area contributed by atoms with Gasteiger partial charge in [0.25, 0.3) is 0 Å². The highest BCUT2D eigenvalue weighted by molar-refractivity contribution is 9.11. The molecule has 0 heterocycles. The van der Waals surface area contributed by atoms with Gasteiger partial charge >= 0.3 is 0 Å². The van der Waals surface area contributed by atoms with Gasteiger partial charge in [0.05, 0.1) is 11.3 Å². The number of nitrogens with one attached hydrogen (secondary N) is 1. The fourth-order valence-electron chi connectivity index (χ4n) is 2.69. The molecule has 1 aromatic carbocycles. The molecule has 0 aromatic heterocycles. The predicted molar refractivity (Wildman–Crippen MR) is 87.7 cm³/mol. The van der Waals surface area contributed by atoms with Crippen LogP contribution >= 0.6 is 31.9 Å². The van der Waals surface area contributed by atoms with Crippen LogP contribution in [0.25, 0.3) is 0 Å².